The average molecular weight is 434 g/mol. The SMILES string of the molecule is CCCc1ccc(-c2n[nH]c(C(C)=NNC(=O)c3ccc(C(=O)OC)cc3)c2CO)cc1. The van der Waals surface area contributed by atoms with Crippen LogP contribution in [0.2, 0.25) is 0 Å². The number of carbonyl (C=O) groups is 2. The summed E-state index contributed by atoms with van der Waals surface area (Å²) in [6.45, 7) is 3.62. The predicted molar refractivity (Wildman–Crippen MR) is 121 cm³/mol. The third kappa shape index (κ3) is 5.09. The maximum Gasteiger partial charge on any atom is 0.337 e. The second-order valence-electron chi connectivity index (χ2n) is 7.24. The number of aromatic amines is 1. The lowest BCUT2D eigenvalue weighted by atomic mass is 10.0. The van der Waals surface area contributed by atoms with Gasteiger partial charge in [0.25, 0.3) is 5.91 Å². The molecule has 8 heteroatoms. The highest BCUT2D eigenvalue weighted by molar-refractivity contribution is 6.01. The van der Waals surface area contributed by atoms with E-state index in [1.165, 1.54) is 36.9 Å². The van der Waals surface area contributed by atoms with Crippen LogP contribution in [0.25, 0.3) is 11.3 Å². The minimum atomic E-state index is -0.475. The van der Waals surface area contributed by atoms with Crippen LogP contribution in [0.3, 0.4) is 0 Å². The molecule has 3 rings (SSSR count). The zero-order valence-corrected chi connectivity index (χ0v) is 18.3. The van der Waals surface area contributed by atoms with E-state index in [9.17, 15) is 14.7 Å². The molecule has 0 radical (unpaired) electrons. The van der Waals surface area contributed by atoms with Gasteiger partial charge in [-0.05, 0) is 43.2 Å². The Bertz CT molecular complexity index is 1120. The average Bonchev–Trinajstić information content (AvgIpc) is 3.27. The molecular formula is C24H26N4O4. The van der Waals surface area contributed by atoms with Gasteiger partial charge in [0.2, 0.25) is 0 Å². The number of hydrogen-bond donors (Lipinski definition) is 3. The fourth-order valence-corrected chi connectivity index (χ4v) is 3.31. The van der Waals surface area contributed by atoms with Crippen LogP contribution in [0.1, 0.15) is 57.8 Å². The Morgan fingerprint density at radius 2 is 1.75 bits per heavy atom. The molecule has 0 atom stereocenters. The van der Waals surface area contributed by atoms with Crippen molar-refractivity contribution in [3.8, 4) is 11.3 Å². The molecular weight excluding hydrogens is 408 g/mol. The third-order valence-electron chi connectivity index (χ3n) is 5.05. The lowest BCUT2D eigenvalue weighted by Gasteiger charge is -2.06. The highest BCUT2D eigenvalue weighted by Gasteiger charge is 2.17. The van der Waals surface area contributed by atoms with E-state index < -0.39 is 11.9 Å². The first kappa shape index (κ1) is 22.9. The summed E-state index contributed by atoms with van der Waals surface area (Å²) in [4.78, 5) is 23.9. The molecule has 0 bridgehead atoms. The van der Waals surface area contributed by atoms with Crippen LogP contribution >= 0.6 is 0 Å². The van der Waals surface area contributed by atoms with Gasteiger partial charge in [0.1, 0.15) is 0 Å². The van der Waals surface area contributed by atoms with Gasteiger partial charge in [-0.15, -0.1) is 0 Å². The molecule has 8 nitrogen and oxygen atoms in total. The summed E-state index contributed by atoms with van der Waals surface area (Å²) < 4.78 is 4.65. The molecule has 3 aromatic rings. The number of aliphatic hydroxyl groups excluding tert-OH is 1. The van der Waals surface area contributed by atoms with E-state index in [0.29, 0.717) is 33.8 Å². The molecule has 3 N–H and O–H groups in total. The number of H-pyrrole nitrogens is 1. The van der Waals surface area contributed by atoms with Gasteiger partial charge >= 0.3 is 5.97 Å². The molecule has 32 heavy (non-hydrogen) atoms. The smallest absolute Gasteiger partial charge is 0.337 e. The Morgan fingerprint density at radius 1 is 1.09 bits per heavy atom. The van der Waals surface area contributed by atoms with Crippen molar-refractivity contribution in [2.24, 2.45) is 5.10 Å². The summed E-state index contributed by atoms with van der Waals surface area (Å²) in [5.41, 5.74) is 7.57. The molecule has 1 aromatic heterocycles. The monoisotopic (exact) mass is 434 g/mol. The standard InChI is InChI=1S/C24H26N4O4/c1-4-5-16-6-8-17(9-7-16)22-20(14-29)21(26-27-22)15(2)25-28-23(30)18-10-12-19(13-11-18)24(31)32-3/h6-13,29H,4-5,14H2,1-3H3,(H,26,27)(H,28,30). The van der Waals surface area contributed by atoms with Gasteiger partial charge in [0, 0.05) is 16.7 Å². The number of methoxy groups -OCH3 is 1. The molecule has 0 aliphatic rings. The molecule has 0 unspecified atom stereocenters. The van der Waals surface area contributed by atoms with Crippen LogP contribution in [-0.4, -0.2) is 40.0 Å². The number of esters is 1. The second kappa shape index (κ2) is 10.5. The van der Waals surface area contributed by atoms with E-state index in [4.69, 9.17) is 0 Å². The minimum Gasteiger partial charge on any atom is -0.465 e. The first-order chi connectivity index (χ1) is 15.5. The molecule has 0 fully saturated rings. The molecule has 0 aliphatic heterocycles. The number of hydrogen-bond acceptors (Lipinski definition) is 6. The third-order valence-corrected chi connectivity index (χ3v) is 5.05. The van der Waals surface area contributed by atoms with E-state index in [2.05, 4.69) is 44.5 Å². The van der Waals surface area contributed by atoms with Gasteiger partial charge in [0.15, 0.2) is 0 Å². The van der Waals surface area contributed by atoms with E-state index in [-0.39, 0.29) is 6.61 Å². The number of aromatic nitrogens is 2. The molecule has 0 saturated heterocycles. The van der Waals surface area contributed by atoms with Crippen LogP contribution in [0.15, 0.2) is 53.6 Å². The normalized spacial score (nSPS) is 11.3. The summed E-state index contributed by atoms with van der Waals surface area (Å²) >= 11 is 0. The fraction of sp³-hybridized carbons (Fsp3) is 0.250. The number of hydrazone groups is 1. The second-order valence-corrected chi connectivity index (χ2v) is 7.24. The van der Waals surface area contributed by atoms with Gasteiger partial charge in [-0.1, -0.05) is 37.6 Å². The van der Waals surface area contributed by atoms with Crippen LogP contribution in [-0.2, 0) is 17.8 Å². The number of amides is 1. The molecule has 1 amide bonds. The molecule has 1 heterocycles. The first-order valence-electron chi connectivity index (χ1n) is 10.3. The Hall–Kier alpha value is -3.78. The Kier molecular flexibility index (Phi) is 7.51. The Balaban J connectivity index is 1.76. The number of nitrogens with one attached hydrogen (secondary N) is 2. The summed E-state index contributed by atoms with van der Waals surface area (Å²) in [6, 6.07) is 14.1. The Morgan fingerprint density at radius 3 is 2.34 bits per heavy atom. The summed E-state index contributed by atoms with van der Waals surface area (Å²) in [5.74, 6) is -0.907. The zero-order chi connectivity index (χ0) is 23.1. The van der Waals surface area contributed by atoms with Crippen LogP contribution in [0.4, 0.5) is 0 Å². The number of aliphatic hydroxyl groups is 1. The maximum absolute atomic E-state index is 12.4. The summed E-state index contributed by atoms with van der Waals surface area (Å²) in [7, 11) is 1.30. The zero-order valence-electron chi connectivity index (χ0n) is 18.3. The summed E-state index contributed by atoms with van der Waals surface area (Å²) in [5, 5.41) is 21.3. The van der Waals surface area contributed by atoms with Gasteiger partial charge in [-0.3, -0.25) is 9.89 Å². The topological polar surface area (TPSA) is 117 Å². The minimum absolute atomic E-state index is 0.228. The van der Waals surface area contributed by atoms with Crippen molar-refractivity contribution in [2.45, 2.75) is 33.3 Å². The number of rotatable bonds is 8. The molecule has 166 valence electrons. The Labute approximate surface area is 186 Å². The highest BCUT2D eigenvalue weighted by atomic mass is 16.5. The van der Waals surface area contributed by atoms with Gasteiger partial charge < -0.3 is 9.84 Å². The number of benzene rings is 2. The van der Waals surface area contributed by atoms with Gasteiger partial charge in [0.05, 0.1) is 36.4 Å². The quantitative estimate of drug-likeness (QED) is 0.285. The van der Waals surface area contributed by atoms with Crippen molar-refractivity contribution in [3.05, 3.63) is 76.5 Å². The number of carbonyl (C=O) groups excluding carboxylic acids is 2. The lowest BCUT2D eigenvalue weighted by molar-refractivity contribution is 0.0600. The molecule has 0 saturated carbocycles. The van der Waals surface area contributed by atoms with Crippen LogP contribution in [0, 0.1) is 0 Å². The van der Waals surface area contributed by atoms with Crippen molar-refractivity contribution >= 4 is 17.6 Å². The van der Waals surface area contributed by atoms with Crippen molar-refractivity contribution < 1.29 is 19.4 Å². The van der Waals surface area contributed by atoms with Crippen LogP contribution < -0.4 is 5.43 Å². The van der Waals surface area contributed by atoms with Crippen LogP contribution in [0.5, 0.6) is 0 Å². The summed E-state index contributed by atoms with van der Waals surface area (Å²) in [6.07, 6.45) is 2.08. The van der Waals surface area contributed by atoms with E-state index >= 15 is 0 Å². The predicted octanol–water partition coefficient (Wildman–Crippen LogP) is 3.46. The van der Waals surface area contributed by atoms with Crippen molar-refractivity contribution in [1.29, 1.82) is 0 Å². The first-order valence-corrected chi connectivity index (χ1v) is 10.3. The molecule has 2 aromatic carbocycles. The van der Waals surface area contributed by atoms with Crippen molar-refractivity contribution in [3.63, 3.8) is 0 Å². The lowest BCUT2D eigenvalue weighted by Crippen LogP contribution is -2.20. The molecule has 0 aliphatic carbocycles. The van der Waals surface area contributed by atoms with Crippen molar-refractivity contribution in [2.75, 3.05) is 7.11 Å². The van der Waals surface area contributed by atoms with E-state index in [1.807, 2.05) is 12.1 Å². The number of aryl methyl sites for hydroxylation is 1. The highest BCUT2D eigenvalue weighted by Crippen LogP contribution is 2.25. The van der Waals surface area contributed by atoms with Gasteiger partial charge in [-0.25, -0.2) is 10.2 Å². The van der Waals surface area contributed by atoms with E-state index in [0.717, 1.165) is 18.4 Å². The number of ether oxygens (including phenoxy) is 1. The largest absolute Gasteiger partial charge is 0.465 e. The fourth-order valence-electron chi connectivity index (χ4n) is 3.31. The van der Waals surface area contributed by atoms with Crippen molar-refractivity contribution in [1.82, 2.24) is 15.6 Å². The molecule has 0 spiro atoms. The van der Waals surface area contributed by atoms with Gasteiger partial charge in [-0.2, -0.15) is 10.2 Å². The number of nitrogens with zero attached hydrogens (tertiary/aromatic N) is 2. The maximum atomic E-state index is 12.4. The van der Waals surface area contributed by atoms with E-state index in [1.54, 1.807) is 6.92 Å².